The molecule has 1 N–H and O–H groups in total. The highest BCUT2D eigenvalue weighted by Crippen LogP contribution is 2.28. The minimum atomic E-state index is 0.506. The quantitative estimate of drug-likeness (QED) is 0.552. The summed E-state index contributed by atoms with van der Waals surface area (Å²) in [4.78, 5) is 11.6. The van der Waals surface area contributed by atoms with Crippen molar-refractivity contribution < 1.29 is 0 Å². The second-order valence-corrected chi connectivity index (χ2v) is 7.52. The van der Waals surface area contributed by atoms with Gasteiger partial charge in [0.15, 0.2) is 5.65 Å². The van der Waals surface area contributed by atoms with Gasteiger partial charge in [0, 0.05) is 30.5 Å². The van der Waals surface area contributed by atoms with Crippen LogP contribution in [0.4, 0.5) is 17.3 Å². The molecule has 4 aromatic rings. The number of pyridine rings is 1. The van der Waals surface area contributed by atoms with Crippen LogP contribution >= 0.6 is 0 Å². The van der Waals surface area contributed by atoms with Gasteiger partial charge in [-0.2, -0.15) is 10.4 Å². The smallest absolute Gasteiger partial charge is 0.177 e. The monoisotopic (exact) mass is 395 g/mol. The third-order valence-corrected chi connectivity index (χ3v) is 5.49. The molecule has 5 rings (SSSR count). The maximum atomic E-state index is 9.22. The molecule has 148 valence electrons. The van der Waals surface area contributed by atoms with Crippen LogP contribution in [0, 0.1) is 11.3 Å². The third kappa shape index (κ3) is 3.33. The Kier molecular flexibility index (Phi) is 4.52. The Labute approximate surface area is 174 Å². The van der Waals surface area contributed by atoms with Crippen molar-refractivity contribution in [2.24, 2.45) is 0 Å². The summed E-state index contributed by atoms with van der Waals surface area (Å²) in [6.45, 7) is 3.28. The molecular weight excluding hydrogens is 374 g/mol. The van der Waals surface area contributed by atoms with Gasteiger partial charge in [0.05, 0.1) is 23.0 Å². The molecule has 1 aliphatic rings. The van der Waals surface area contributed by atoms with Crippen LogP contribution in [0.25, 0.3) is 16.9 Å². The summed E-state index contributed by atoms with van der Waals surface area (Å²) in [6, 6.07) is 18.1. The van der Waals surface area contributed by atoms with Gasteiger partial charge in [0.2, 0.25) is 0 Å². The van der Waals surface area contributed by atoms with E-state index in [1.54, 1.807) is 16.8 Å². The van der Waals surface area contributed by atoms with E-state index in [2.05, 4.69) is 39.4 Å². The van der Waals surface area contributed by atoms with Gasteiger partial charge in [0.1, 0.15) is 11.6 Å². The number of imidazole rings is 1. The van der Waals surface area contributed by atoms with Crippen molar-refractivity contribution in [2.45, 2.75) is 25.8 Å². The predicted octanol–water partition coefficient (Wildman–Crippen LogP) is 4.40. The molecule has 1 atom stereocenters. The lowest BCUT2D eigenvalue weighted by atomic mass is 10.1. The van der Waals surface area contributed by atoms with Crippen molar-refractivity contribution in [3.63, 3.8) is 0 Å². The van der Waals surface area contributed by atoms with Crippen LogP contribution < -0.4 is 10.2 Å². The zero-order valence-electron chi connectivity index (χ0n) is 16.7. The van der Waals surface area contributed by atoms with Crippen molar-refractivity contribution in [1.29, 1.82) is 5.26 Å². The highest BCUT2D eigenvalue weighted by molar-refractivity contribution is 5.77. The van der Waals surface area contributed by atoms with E-state index in [4.69, 9.17) is 4.98 Å². The summed E-state index contributed by atoms with van der Waals surface area (Å²) in [6.07, 6.45) is 5.93. The topological polar surface area (TPSA) is 82.1 Å². The Morgan fingerprint density at radius 1 is 1.17 bits per heavy atom. The van der Waals surface area contributed by atoms with Crippen molar-refractivity contribution in [3.8, 4) is 17.3 Å². The minimum Gasteiger partial charge on any atom is -0.354 e. The number of fused-ring (bicyclic) bond motifs is 1. The molecule has 30 heavy (non-hydrogen) atoms. The molecule has 0 aliphatic carbocycles. The molecule has 0 spiro atoms. The molecule has 0 bridgehead atoms. The predicted molar refractivity (Wildman–Crippen MR) is 117 cm³/mol. The van der Waals surface area contributed by atoms with Crippen LogP contribution in [0.3, 0.4) is 0 Å². The number of benzene rings is 1. The number of nitrogens with one attached hydrogen (secondary N) is 1. The SMILES string of the molecule is CC1CCCN1c1cccc(Nc2cc(-c3cccc(C#N)c3)nn3ccnc23)n1. The Bertz CT molecular complexity index is 1250. The lowest BCUT2D eigenvalue weighted by Gasteiger charge is -2.23. The van der Waals surface area contributed by atoms with Crippen molar-refractivity contribution >= 4 is 23.0 Å². The summed E-state index contributed by atoms with van der Waals surface area (Å²) in [5.41, 5.74) is 3.76. The summed E-state index contributed by atoms with van der Waals surface area (Å²) in [7, 11) is 0. The molecule has 1 aromatic carbocycles. The van der Waals surface area contributed by atoms with E-state index in [1.165, 1.54) is 12.8 Å². The first-order chi connectivity index (χ1) is 14.7. The first kappa shape index (κ1) is 18.1. The summed E-state index contributed by atoms with van der Waals surface area (Å²) < 4.78 is 1.74. The number of hydrogen-bond donors (Lipinski definition) is 1. The van der Waals surface area contributed by atoms with Gasteiger partial charge in [-0.25, -0.2) is 14.5 Å². The van der Waals surface area contributed by atoms with Crippen LogP contribution in [0.1, 0.15) is 25.3 Å². The second kappa shape index (κ2) is 7.48. The molecule has 1 aliphatic heterocycles. The number of rotatable bonds is 4. The van der Waals surface area contributed by atoms with E-state index >= 15 is 0 Å². The summed E-state index contributed by atoms with van der Waals surface area (Å²) in [5.74, 6) is 1.75. The first-order valence-corrected chi connectivity index (χ1v) is 10.1. The van der Waals surface area contributed by atoms with Gasteiger partial charge in [-0.05, 0) is 50.1 Å². The van der Waals surface area contributed by atoms with E-state index in [9.17, 15) is 5.26 Å². The Balaban J connectivity index is 1.53. The molecule has 1 saturated heterocycles. The fourth-order valence-corrected chi connectivity index (χ4v) is 3.96. The summed E-state index contributed by atoms with van der Waals surface area (Å²) in [5, 5.41) is 17.3. The van der Waals surface area contributed by atoms with E-state index in [-0.39, 0.29) is 0 Å². The normalized spacial score (nSPS) is 16.0. The molecule has 0 amide bonds. The Hall–Kier alpha value is -3.92. The van der Waals surface area contributed by atoms with E-state index in [1.807, 2.05) is 42.6 Å². The van der Waals surface area contributed by atoms with Gasteiger partial charge in [-0.1, -0.05) is 18.2 Å². The Morgan fingerprint density at radius 3 is 2.90 bits per heavy atom. The molecule has 1 fully saturated rings. The standard InChI is InChI=1S/C23H21N7/c1-16-5-4-11-29(16)22-9-3-8-21(27-22)26-20-14-19(28-30-12-10-25-23(20)30)18-7-2-6-17(13-18)15-24/h2-3,6-10,12-14,16H,4-5,11H2,1H3,(H,26,27). The molecule has 7 nitrogen and oxygen atoms in total. The van der Waals surface area contributed by atoms with Crippen molar-refractivity contribution in [1.82, 2.24) is 19.6 Å². The van der Waals surface area contributed by atoms with Crippen LogP contribution in [0.5, 0.6) is 0 Å². The maximum absolute atomic E-state index is 9.22. The van der Waals surface area contributed by atoms with Gasteiger partial charge in [-0.3, -0.25) is 0 Å². The van der Waals surface area contributed by atoms with E-state index < -0.39 is 0 Å². The van der Waals surface area contributed by atoms with Crippen molar-refractivity contribution in [3.05, 3.63) is 66.5 Å². The lowest BCUT2D eigenvalue weighted by Crippen LogP contribution is -2.27. The highest BCUT2D eigenvalue weighted by atomic mass is 15.3. The average molecular weight is 395 g/mol. The molecule has 1 unspecified atom stereocenters. The summed E-state index contributed by atoms with van der Waals surface area (Å²) >= 11 is 0. The maximum Gasteiger partial charge on any atom is 0.177 e. The average Bonchev–Trinajstić information content (AvgIpc) is 3.43. The number of nitrogens with zero attached hydrogens (tertiary/aromatic N) is 6. The molecule has 0 radical (unpaired) electrons. The second-order valence-electron chi connectivity index (χ2n) is 7.52. The van der Waals surface area contributed by atoms with Crippen LogP contribution in [-0.2, 0) is 0 Å². The van der Waals surface area contributed by atoms with Crippen LogP contribution in [0.15, 0.2) is 60.9 Å². The minimum absolute atomic E-state index is 0.506. The molecule has 0 saturated carbocycles. The number of anilines is 3. The largest absolute Gasteiger partial charge is 0.354 e. The third-order valence-electron chi connectivity index (χ3n) is 5.49. The van der Waals surface area contributed by atoms with Crippen molar-refractivity contribution in [2.75, 3.05) is 16.8 Å². The molecule has 4 heterocycles. The van der Waals surface area contributed by atoms with Gasteiger partial charge in [0.25, 0.3) is 0 Å². The van der Waals surface area contributed by atoms with E-state index in [0.29, 0.717) is 11.6 Å². The highest BCUT2D eigenvalue weighted by Gasteiger charge is 2.21. The van der Waals surface area contributed by atoms with Crippen LogP contribution in [0.2, 0.25) is 0 Å². The van der Waals surface area contributed by atoms with Crippen LogP contribution in [-0.4, -0.2) is 32.2 Å². The zero-order chi connectivity index (χ0) is 20.5. The number of nitriles is 1. The Morgan fingerprint density at radius 2 is 2.07 bits per heavy atom. The van der Waals surface area contributed by atoms with Gasteiger partial charge in [-0.15, -0.1) is 0 Å². The first-order valence-electron chi connectivity index (χ1n) is 10.1. The van der Waals surface area contributed by atoms with Gasteiger partial charge < -0.3 is 10.2 Å². The van der Waals surface area contributed by atoms with Gasteiger partial charge >= 0.3 is 0 Å². The fraction of sp³-hybridized carbons (Fsp3) is 0.217. The number of hydrogen-bond acceptors (Lipinski definition) is 6. The molecule has 3 aromatic heterocycles. The van der Waals surface area contributed by atoms with E-state index in [0.717, 1.165) is 40.8 Å². The number of aromatic nitrogens is 4. The lowest BCUT2D eigenvalue weighted by molar-refractivity contribution is 0.727. The fourth-order valence-electron chi connectivity index (χ4n) is 3.96. The zero-order valence-corrected chi connectivity index (χ0v) is 16.7. The molecule has 7 heteroatoms. The molecular formula is C23H21N7.